The molecule has 5 rings (SSSR count). The molecule has 0 fully saturated rings. The first-order valence-electron chi connectivity index (χ1n) is 18.5. The number of hydrogen-bond acceptors (Lipinski definition) is 2. The molecule has 1 aliphatic rings. The van der Waals surface area contributed by atoms with Gasteiger partial charge in [0.1, 0.15) is 11.5 Å². The predicted molar refractivity (Wildman–Crippen MR) is 201 cm³/mol. The summed E-state index contributed by atoms with van der Waals surface area (Å²) in [6.45, 7) is 15.5. The lowest BCUT2D eigenvalue weighted by Gasteiger charge is -2.17. The van der Waals surface area contributed by atoms with Gasteiger partial charge in [0, 0.05) is 0 Å². The molecule has 0 spiro atoms. The highest BCUT2D eigenvalue weighted by Crippen LogP contribution is 2.46. The van der Waals surface area contributed by atoms with Crippen LogP contribution in [0.4, 0.5) is 0 Å². The van der Waals surface area contributed by atoms with Crippen LogP contribution in [-0.2, 0) is 6.42 Å². The Kier molecular flexibility index (Phi) is 12.6. The summed E-state index contributed by atoms with van der Waals surface area (Å²) in [5, 5.41) is 0. The van der Waals surface area contributed by atoms with Crippen LogP contribution < -0.4 is 9.47 Å². The standard InChI is InChI=1S/C45H58O2/c1-32(2)11-9-13-34(5)27-29-46-39-21-17-36(18-22-39)42-25-26-43-41-16-8-7-15-38(41)31-44(43)45(42)37-19-23-40(24-20-37)47-30-28-35(6)14-10-12-33(3)4/h7-8,15-26,32-35H,9-14,27-31H2,1-6H3. The molecule has 0 aliphatic heterocycles. The highest BCUT2D eigenvalue weighted by atomic mass is 16.5. The summed E-state index contributed by atoms with van der Waals surface area (Å²) in [5.41, 5.74) is 10.6. The molecule has 0 saturated heterocycles. The van der Waals surface area contributed by atoms with Gasteiger partial charge in [-0.2, -0.15) is 0 Å². The highest BCUT2D eigenvalue weighted by Gasteiger charge is 2.24. The molecule has 0 bridgehead atoms. The Bertz CT molecular complexity index is 1530. The van der Waals surface area contributed by atoms with Crippen LogP contribution in [0.25, 0.3) is 33.4 Å². The Balaban J connectivity index is 1.29. The lowest BCUT2D eigenvalue weighted by Crippen LogP contribution is -2.05. The van der Waals surface area contributed by atoms with Gasteiger partial charge in [-0.15, -0.1) is 0 Å². The number of rotatable bonds is 18. The molecule has 2 nitrogen and oxygen atoms in total. The maximum atomic E-state index is 6.23. The van der Waals surface area contributed by atoms with Gasteiger partial charge in [-0.1, -0.05) is 141 Å². The Morgan fingerprint density at radius 1 is 0.489 bits per heavy atom. The SMILES string of the molecule is CC(C)CCCC(C)CCOc1ccc(-c2ccc3c(c2-c2ccc(OCCC(C)CCCC(C)C)cc2)Cc2ccccc2-3)cc1. The summed E-state index contributed by atoms with van der Waals surface area (Å²) in [6.07, 6.45) is 11.0. The van der Waals surface area contributed by atoms with Crippen LogP contribution in [0.3, 0.4) is 0 Å². The Morgan fingerprint density at radius 3 is 1.55 bits per heavy atom. The fourth-order valence-electron chi connectivity index (χ4n) is 7.02. The quantitative estimate of drug-likeness (QED) is 0.0959. The summed E-state index contributed by atoms with van der Waals surface area (Å²) in [5.74, 6) is 4.89. The molecule has 2 atom stereocenters. The van der Waals surface area contributed by atoms with E-state index in [2.05, 4.69) is 126 Å². The van der Waals surface area contributed by atoms with E-state index in [1.54, 1.807) is 0 Å². The Morgan fingerprint density at radius 2 is 1.00 bits per heavy atom. The molecule has 2 heteroatoms. The van der Waals surface area contributed by atoms with Crippen molar-refractivity contribution in [1.29, 1.82) is 0 Å². The molecule has 4 aromatic carbocycles. The summed E-state index contributed by atoms with van der Waals surface area (Å²) in [7, 11) is 0. The molecule has 47 heavy (non-hydrogen) atoms. The van der Waals surface area contributed by atoms with Crippen LogP contribution in [0.2, 0.25) is 0 Å². The second-order valence-corrected chi connectivity index (χ2v) is 15.0. The van der Waals surface area contributed by atoms with E-state index in [1.165, 1.54) is 83.0 Å². The monoisotopic (exact) mass is 630 g/mol. The van der Waals surface area contributed by atoms with E-state index in [4.69, 9.17) is 9.47 Å². The third-order valence-corrected chi connectivity index (χ3v) is 10.0. The molecule has 1 aliphatic carbocycles. The average Bonchev–Trinajstić information content (AvgIpc) is 3.43. The fraction of sp³-hybridized carbons (Fsp3) is 0.467. The normalized spacial score (nSPS) is 13.4. The van der Waals surface area contributed by atoms with E-state index in [0.717, 1.165) is 55.8 Å². The van der Waals surface area contributed by atoms with Gasteiger partial charge in [-0.25, -0.2) is 0 Å². The summed E-state index contributed by atoms with van der Waals surface area (Å²) in [6, 6.07) is 31.1. The van der Waals surface area contributed by atoms with Gasteiger partial charge >= 0.3 is 0 Å². The van der Waals surface area contributed by atoms with Gasteiger partial charge in [0.25, 0.3) is 0 Å². The number of ether oxygens (including phenoxy) is 2. The van der Waals surface area contributed by atoms with Crippen molar-refractivity contribution in [1.82, 2.24) is 0 Å². The summed E-state index contributed by atoms with van der Waals surface area (Å²) in [4.78, 5) is 0. The van der Waals surface area contributed by atoms with Crippen LogP contribution in [0, 0.1) is 23.7 Å². The van der Waals surface area contributed by atoms with Gasteiger partial charge < -0.3 is 9.47 Å². The van der Waals surface area contributed by atoms with Crippen LogP contribution in [0.5, 0.6) is 11.5 Å². The lowest BCUT2D eigenvalue weighted by molar-refractivity contribution is 0.275. The average molecular weight is 631 g/mol. The molecule has 0 radical (unpaired) electrons. The molecule has 4 aromatic rings. The largest absolute Gasteiger partial charge is 0.494 e. The maximum absolute atomic E-state index is 6.23. The smallest absolute Gasteiger partial charge is 0.119 e. The van der Waals surface area contributed by atoms with E-state index >= 15 is 0 Å². The molecule has 0 N–H and O–H groups in total. The first-order valence-corrected chi connectivity index (χ1v) is 18.5. The lowest BCUT2D eigenvalue weighted by atomic mass is 9.88. The molecule has 2 unspecified atom stereocenters. The van der Waals surface area contributed by atoms with Crippen LogP contribution in [0.15, 0.2) is 84.9 Å². The first-order chi connectivity index (χ1) is 22.8. The Hall–Kier alpha value is -3.52. The van der Waals surface area contributed by atoms with E-state index < -0.39 is 0 Å². The van der Waals surface area contributed by atoms with Crippen molar-refractivity contribution in [3.05, 3.63) is 96.1 Å². The molecular weight excluding hydrogens is 572 g/mol. The zero-order valence-corrected chi connectivity index (χ0v) is 30.0. The van der Waals surface area contributed by atoms with Crippen molar-refractivity contribution in [3.63, 3.8) is 0 Å². The van der Waals surface area contributed by atoms with E-state index in [9.17, 15) is 0 Å². The van der Waals surface area contributed by atoms with E-state index in [-0.39, 0.29) is 0 Å². The minimum absolute atomic E-state index is 0.698. The molecular formula is C45H58O2. The topological polar surface area (TPSA) is 18.5 Å². The molecule has 0 amide bonds. The predicted octanol–water partition coefficient (Wildman–Crippen LogP) is 13.1. The molecule has 0 saturated carbocycles. The third kappa shape index (κ3) is 9.75. The Labute approximate surface area is 285 Å². The minimum Gasteiger partial charge on any atom is -0.494 e. The zero-order valence-electron chi connectivity index (χ0n) is 30.0. The first kappa shape index (κ1) is 34.8. The van der Waals surface area contributed by atoms with Gasteiger partial charge in [-0.05, 0) is 112 Å². The third-order valence-electron chi connectivity index (χ3n) is 10.0. The molecule has 0 aromatic heterocycles. The second-order valence-electron chi connectivity index (χ2n) is 15.0. The maximum Gasteiger partial charge on any atom is 0.119 e. The van der Waals surface area contributed by atoms with Crippen LogP contribution in [-0.4, -0.2) is 13.2 Å². The molecule has 250 valence electrons. The molecule has 0 heterocycles. The zero-order chi connectivity index (χ0) is 33.2. The van der Waals surface area contributed by atoms with Crippen LogP contribution >= 0.6 is 0 Å². The minimum atomic E-state index is 0.698. The fourth-order valence-corrected chi connectivity index (χ4v) is 7.02. The van der Waals surface area contributed by atoms with Crippen molar-refractivity contribution in [2.45, 2.75) is 99.3 Å². The van der Waals surface area contributed by atoms with Crippen molar-refractivity contribution in [2.24, 2.45) is 23.7 Å². The van der Waals surface area contributed by atoms with Gasteiger partial charge in [0.05, 0.1) is 13.2 Å². The van der Waals surface area contributed by atoms with Crippen molar-refractivity contribution in [2.75, 3.05) is 13.2 Å². The van der Waals surface area contributed by atoms with Crippen molar-refractivity contribution < 1.29 is 9.47 Å². The van der Waals surface area contributed by atoms with Gasteiger partial charge in [0.15, 0.2) is 0 Å². The van der Waals surface area contributed by atoms with E-state index in [0.29, 0.717) is 11.8 Å². The van der Waals surface area contributed by atoms with Crippen molar-refractivity contribution >= 4 is 0 Å². The summed E-state index contributed by atoms with van der Waals surface area (Å²) < 4.78 is 12.4. The van der Waals surface area contributed by atoms with Crippen LogP contribution in [0.1, 0.15) is 104 Å². The number of benzene rings is 4. The number of hydrogen-bond donors (Lipinski definition) is 0. The highest BCUT2D eigenvalue weighted by molar-refractivity contribution is 5.93. The number of fused-ring (bicyclic) bond motifs is 3. The summed E-state index contributed by atoms with van der Waals surface area (Å²) >= 11 is 0. The van der Waals surface area contributed by atoms with Gasteiger partial charge in [-0.3, -0.25) is 0 Å². The van der Waals surface area contributed by atoms with Gasteiger partial charge in [0.2, 0.25) is 0 Å². The van der Waals surface area contributed by atoms with Crippen molar-refractivity contribution in [3.8, 4) is 44.9 Å². The van der Waals surface area contributed by atoms with E-state index in [1.807, 2.05) is 0 Å². The second kappa shape index (κ2) is 17.0.